The van der Waals surface area contributed by atoms with E-state index in [1.165, 1.54) is 24.4 Å². The molecule has 2 amide bonds. The van der Waals surface area contributed by atoms with Gasteiger partial charge in [0.25, 0.3) is 0 Å². The number of carbonyl (C=O) groups excluding carboxylic acids is 3. The predicted molar refractivity (Wildman–Crippen MR) is 103 cm³/mol. The van der Waals surface area contributed by atoms with Crippen molar-refractivity contribution in [1.29, 1.82) is 0 Å². The SMILES string of the molecule is COC(=O)CC[C@@H](NC(=O)N1CCc2[nH]cnc2[C@H]1c1ccc(F)cc1F)C(=O)OC. The predicted octanol–water partition coefficient (Wildman–Crippen LogP) is 1.84. The molecule has 0 unspecified atom stereocenters. The van der Waals surface area contributed by atoms with Gasteiger partial charge in [-0.05, 0) is 12.5 Å². The lowest BCUT2D eigenvalue weighted by molar-refractivity contribution is -0.144. The number of ether oxygens (including phenoxy) is 2. The van der Waals surface area contributed by atoms with Crippen LogP contribution in [0.3, 0.4) is 0 Å². The molecule has 2 heterocycles. The van der Waals surface area contributed by atoms with Crippen LogP contribution in [0, 0.1) is 11.6 Å². The molecule has 166 valence electrons. The van der Waals surface area contributed by atoms with Crippen molar-refractivity contribution in [3.63, 3.8) is 0 Å². The fraction of sp³-hybridized carbons (Fsp3) is 0.400. The first kappa shape index (κ1) is 22.2. The normalized spacial score (nSPS) is 16.3. The van der Waals surface area contributed by atoms with Gasteiger partial charge in [-0.3, -0.25) is 4.79 Å². The molecule has 9 nitrogen and oxygen atoms in total. The van der Waals surface area contributed by atoms with Crippen LogP contribution in [-0.4, -0.2) is 59.6 Å². The maximum Gasteiger partial charge on any atom is 0.328 e. The van der Waals surface area contributed by atoms with Crippen molar-refractivity contribution in [2.75, 3.05) is 20.8 Å². The number of hydrogen-bond acceptors (Lipinski definition) is 6. The quantitative estimate of drug-likeness (QED) is 0.668. The Hall–Kier alpha value is -3.50. The maximum absolute atomic E-state index is 14.6. The molecule has 1 aliphatic heterocycles. The average molecular weight is 436 g/mol. The highest BCUT2D eigenvalue weighted by Crippen LogP contribution is 2.35. The largest absolute Gasteiger partial charge is 0.469 e. The molecule has 1 aliphatic rings. The third-order valence-corrected chi connectivity index (χ3v) is 5.09. The number of fused-ring (bicyclic) bond motifs is 1. The number of halogens is 2. The number of amides is 2. The van der Waals surface area contributed by atoms with Crippen molar-refractivity contribution in [3.05, 3.63) is 53.1 Å². The first-order chi connectivity index (χ1) is 14.8. The molecule has 0 radical (unpaired) electrons. The topological polar surface area (TPSA) is 114 Å². The van der Waals surface area contributed by atoms with Crippen molar-refractivity contribution in [2.45, 2.75) is 31.3 Å². The Labute approximate surface area is 176 Å². The molecular weight excluding hydrogens is 414 g/mol. The minimum Gasteiger partial charge on any atom is -0.469 e. The number of benzene rings is 1. The van der Waals surface area contributed by atoms with E-state index in [1.807, 2.05) is 0 Å². The first-order valence-corrected chi connectivity index (χ1v) is 9.54. The van der Waals surface area contributed by atoms with Crippen LogP contribution < -0.4 is 5.32 Å². The molecule has 0 bridgehead atoms. The summed E-state index contributed by atoms with van der Waals surface area (Å²) < 4.78 is 37.3. The van der Waals surface area contributed by atoms with Crippen LogP contribution in [0.2, 0.25) is 0 Å². The van der Waals surface area contributed by atoms with Crippen LogP contribution in [0.25, 0.3) is 0 Å². The Bertz CT molecular complexity index is 980. The van der Waals surface area contributed by atoms with Crippen LogP contribution in [-0.2, 0) is 25.5 Å². The smallest absolute Gasteiger partial charge is 0.328 e. The van der Waals surface area contributed by atoms with Crippen molar-refractivity contribution in [1.82, 2.24) is 20.2 Å². The van der Waals surface area contributed by atoms with Crippen LogP contribution in [0.4, 0.5) is 13.6 Å². The van der Waals surface area contributed by atoms with Gasteiger partial charge in [0.15, 0.2) is 0 Å². The lowest BCUT2D eigenvalue weighted by Crippen LogP contribution is -2.51. The lowest BCUT2D eigenvalue weighted by atomic mass is 9.95. The zero-order chi connectivity index (χ0) is 22.5. The van der Waals surface area contributed by atoms with E-state index in [1.54, 1.807) is 0 Å². The third-order valence-electron chi connectivity index (χ3n) is 5.09. The number of hydrogen-bond donors (Lipinski definition) is 2. The van der Waals surface area contributed by atoms with Crippen LogP contribution in [0.15, 0.2) is 24.5 Å². The molecule has 2 aromatic rings. The number of imidazole rings is 1. The molecule has 3 rings (SSSR count). The van der Waals surface area contributed by atoms with E-state index in [4.69, 9.17) is 4.74 Å². The highest BCUT2D eigenvalue weighted by atomic mass is 19.1. The van der Waals surface area contributed by atoms with Gasteiger partial charge < -0.3 is 24.7 Å². The fourth-order valence-electron chi connectivity index (χ4n) is 3.52. The summed E-state index contributed by atoms with van der Waals surface area (Å²) in [5.41, 5.74) is 1.22. The maximum atomic E-state index is 14.6. The number of aromatic nitrogens is 2. The van der Waals surface area contributed by atoms with Gasteiger partial charge >= 0.3 is 18.0 Å². The summed E-state index contributed by atoms with van der Waals surface area (Å²) in [6, 6.07) is 0.366. The van der Waals surface area contributed by atoms with Gasteiger partial charge in [0, 0.05) is 36.7 Å². The number of nitrogens with zero attached hydrogens (tertiary/aromatic N) is 2. The zero-order valence-corrected chi connectivity index (χ0v) is 17.0. The molecule has 0 saturated carbocycles. The first-order valence-electron chi connectivity index (χ1n) is 9.54. The summed E-state index contributed by atoms with van der Waals surface area (Å²) in [4.78, 5) is 45.1. The van der Waals surface area contributed by atoms with E-state index in [9.17, 15) is 23.2 Å². The van der Waals surface area contributed by atoms with Crippen LogP contribution in [0.1, 0.15) is 35.8 Å². The van der Waals surface area contributed by atoms with Crippen LogP contribution in [0.5, 0.6) is 0 Å². The minimum absolute atomic E-state index is 0.0395. The molecule has 1 aromatic carbocycles. The van der Waals surface area contributed by atoms with Gasteiger partial charge in [-0.15, -0.1) is 0 Å². The third kappa shape index (κ3) is 4.81. The van der Waals surface area contributed by atoms with Gasteiger partial charge in [-0.2, -0.15) is 0 Å². The van der Waals surface area contributed by atoms with Crippen molar-refractivity contribution in [3.8, 4) is 0 Å². The second-order valence-electron chi connectivity index (χ2n) is 6.92. The second kappa shape index (κ2) is 9.54. The van der Waals surface area contributed by atoms with Gasteiger partial charge in [0.2, 0.25) is 0 Å². The minimum atomic E-state index is -1.11. The van der Waals surface area contributed by atoms with Gasteiger partial charge in [-0.25, -0.2) is 23.4 Å². The molecule has 31 heavy (non-hydrogen) atoms. The summed E-state index contributed by atoms with van der Waals surface area (Å²) in [5, 5.41) is 2.54. The lowest BCUT2D eigenvalue weighted by Gasteiger charge is -2.36. The van der Waals surface area contributed by atoms with Crippen molar-refractivity contribution >= 4 is 18.0 Å². The zero-order valence-electron chi connectivity index (χ0n) is 17.0. The Kier molecular flexibility index (Phi) is 6.83. The molecule has 1 aromatic heterocycles. The number of H-pyrrole nitrogens is 1. The highest BCUT2D eigenvalue weighted by Gasteiger charge is 2.37. The number of aromatic amines is 1. The fourth-order valence-corrected chi connectivity index (χ4v) is 3.52. The highest BCUT2D eigenvalue weighted by molar-refractivity contribution is 5.84. The number of methoxy groups -OCH3 is 2. The summed E-state index contributed by atoms with van der Waals surface area (Å²) in [5.74, 6) is -2.86. The van der Waals surface area contributed by atoms with E-state index >= 15 is 0 Å². The van der Waals surface area contributed by atoms with E-state index in [0.29, 0.717) is 12.1 Å². The van der Waals surface area contributed by atoms with E-state index < -0.39 is 41.7 Å². The van der Waals surface area contributed by atoms with Gasteiger partial charge in [-0.1, -0.05) is 6.07 Å². The summed E-state index contributed by atoms with van der Waals surface area (Å²) in [6.07, 6.45) is 1.71. The average Bonchev–Trinajstić information content (AvgIpc) is 3.24. The Balaban J connectivity index is 1.88. The molecule has 0 spiro atoms. The molecule has 0 fully saturated rings. The van der Waals surface area contributed by atoms with E-state index in [2.05, 4.69) is 20.0 Å². The number of nitrogens with one attached hydrogen (secondary N) is 2. The molecule has 2 atom stereocenters. The Morgan fingerprint density at radius 2 is 2.06 bits per heavy atom. The Morgan fingerprint density at radius 1 is 1.29 bits per heavy atom. The number of urea groups is 1. The van der Waals surface area contributed by atoms with Gasteiger partial charge in [0.1, 0.15) is 23.7 Å². The number of esters is 2. The van der Waals surface area contributed by atoms with Crippen LogP contribution >= 0.6 is 0 Å². The van der Waals surface area contributed by atoms with E-state index in [0.717, 1.165) is 24.9 Å². The summed E-state index contributed by atoms with van der Waals surface area (Å²) >= 11 is 0. The monoisotopic (exact) mass is 436 g/mol. The molecule has 2 N–H and O–H groups in total. The van der Waals surface area contributed by atoms with Crippen molar-refractivity contribution in [2.24, 2.45) is 0 Å². The summed E-state index contributed by atoms with van der Waals surface area (Å²) in [7, 11) is 2.37. The molecule has 0 saturated heterocycles. The molecular formula is C20H22F2N4O5. The Morgan fingerprint density at radius 3 is 2.74 bits per heavy atom. The van der Waals surface area contributed by atoms with Gasteiger partial charge in [0.05, 0.1) is 26.2 Å². The standard InChI is InChI=1S/C20H22F2N4O5/c1-30-16(27)6-5-15(19(28)31-2)25-20(29)26-8-7-14-17(24-10-23-14)18(26)12-4-3-11(21)9-13(12)22/h3-4,9-10,15,18H,5-8H2,1-2H3,(H,23,24)(H,25,29)/t15-,18-/m1/s1. The second-order valence-corrected chi connectivity index (χ2v) is 6.92. The van der Waals surface area contributed by atoms with Crippen molar-refractivity contribution < 1.29 is 32.6 Å². The number of carbonyl (C=O) groups is 3. The molecule has 11 heteroatoms. The number of rotatable bonds is 6. The summed E-state index contributed by atoms with van der Waals surface area (Å²) in [6.45, 7) is 0.188. The van der Waals surface area contributed by atoms with E-state index in [-0.39, 0.29) is 24.9 Å². The molecule has 0 aliphatic carbocycles.